The first kappa shape index (κ1) is 17.9. The highest BCUT2D eigenvalue weighted by atomic mass is 19.1. The molecule has 6 heteroatoms. The fourth-order valence-electron chi connectivity index (χ4n) is 3.99. The summed E-state index contributed by atoms with van der Waals surface area (Å²) in [4.78, 5) is 17.1. The third-order valence-electron chi connectivity index (χ3n) is 5.39. The molecule has 2 atom stereocenters. The van der Waals surface area contributed by atoms with Crippen LogP contribution in [0.3, 0.4) is 0 Å². The lowest BCUT2D eigenvalue weighted by Crippen LogP contribution is -2.54. The first-order chi connectivity index (χ1) is 13.2. The van der Waals surface area contributed by atoms with Gasteiger partial charge in [0.15, 0.2) is 0 Å². The fraction of sp³-hybridized carbons (Fsp3) is 0.381. The van der Waals surface area contributed by atoms with Gasteiger partial charge in [-0.1, -0.05) is 36.4 Å². The molecule has 27 heavy (non-hydrogen) atoms. The number of amides is 2. The molecule has 0 aromatic heterocycles. The van der Waals surface area contributed by atoms with Crippen LogP contribution >= 0.6 is 0 Å². The Morgan fingerprint density at radius 3 is 2.70 bits per heavy atom. The second kappa shape index (κ2) is 7.66. The summed E-state index contributed by atoms with van der Waals surface area (Å²) in [6, 6.07) is 14.4. The van der Waals surface area contributed by atoms with Gasteiger partial charge in [-0.15, -0.1) is 0 Å². The predicted octanol–water partition coefficient (Wildman–Crippen LogP) is 2.55. The maximum absolute atomic E-state index is 13.5. The number of carbonyl (C=O) groups excluding carboxylic acids is 1. The SMILES string of the molecule is NC[C@@H]1CN(C(=O)N2CCc3ccccc3[C@@H]2c2ccc(F)cc2)CCO1. The van der Waals surface area contributed by atoms with Gasteiger partial charge in [-0.2, -0.15) is 0 Å². The number of rotatable bonds is 2. The van der Waals surface area contributed by atoms with Crippen molar-refractivity contribution in [1.82, 2.24) is 9.80 Å². The molecule has 2 aromatic rings. The van der Waals surface area contributed by atoms with E-state index in [0.29, 0.717) is 32.8 Å². The van der Waals surface area contributed by atoms with E-state index in [1.807, 2.05) is 21.9 Å². The molecular weight excluding hydrogens is 345 g/mol. The Hall–Kier alpha value is -2.44. The van der Waals surface area contributed by atoms with Crippen LogP contribution in [-0.2, 0) is 11.2 Å². The summed E-state index contributed by atoms with van der Waals surface area (Å²) in [7, 11) is 0. The quantitative estimate of drug-likeness (QED) is 0.885. The Balaban J connectivity index is 1.68. The highest BCUT2D eigenvalue weighted by molar-refractivity contribution is 5.76. The zero-order chi connectivity index (χ0) is 18.8. The van der Waals surface area contributed by atoms with E-state index in [4.69, 9.17) is 10.5 Å². The number of nitrogens with two attached hydrogens (primary N) is 1. The molecule has 2 aliphatic rings. The van der Waals surface area contributed by atoms with E-state index < -0.39 is 0 Å². The molecular formula is C21H24FN3O2. The number of hydrogen-bond donors (Lipinski definition) is 1. The first-order valence-electron chi connectivity index (χ1n) is 9.38. The number of halogens is 1. The van der Waals surface area contributed by atoms with Crippen LogP contribution in [0.25, 0.3) is 0 Å². The largest absolute Gasteiger partial charge is 0.373 e. The molecule has 2 aromatic carbocycles. The molecule has 2 heterocycles. The molecule has 0 spiro atoms. The van der Waals surface area contributed by atoms with Crippen molar-refractivity contribution in [2.75, 3.05) is 32.8 Å². The van der Waals surface area contributed by atoms with Crippen LogP contribution in [0.2, 0.25) is 0 Å². The minimum atomic E-state index is -0.278. The first-order valence-corrected chi connectivity index (χ1v) is 9.38. The summed E-state index contributed by atoms with van der Waals surface area (Å²) in [5, 5.41) is 0. The van der Waals surface area contributed by atoms with E-state index in [-0.39, 0.29) is 24.0 Å². The van der Waals surface area contributed by atoms with E-state index in [1.54, 1.807) is 12.1 Å². The molecule has 0 bridgehead atoms. The van der Waals surface area contributed by atoms with Gasteiger partial charge in [-0.25, -0.2) is 9.18 Å². The van der Waals surface area contributed by atoms with Gasteiger partial charge in [-0.3, -0.25) is 0 Å². The molecule has 0 unspecified atom stereocenters. The topological polar surface area (TPSA) is 58.8 Å². The average Bonchev–Trinajstić information content (AvgIpc) is 2.73. The number of carbonyl (C=O) groups is 1. The Bertz CT molecular complexity index is 811. The van der Waals surface area contributed by atoms with Gasteiger partial charge in [-0.05, 0) is 35.2 Å². The van der Waals surface area contributed by atoms with E-state index in [9.17, 15) is 9.18 Å². The third-order valence-corrected chi connectivity index (χ3v) is 5.39. The summed E-state index contributed by atoms with van der Waals surface area (Å²) in [6.45, 7) is 2.59. The second-order valence-electron chi connectivity index (χ2n) is 7.05. The summed E-state index contributed by atoms with van der Waals surface area (Å²) < 4.78 is 19.1. The molecule has 1 fully saturated rings. The number of ether oxygens (including phenoxy) is 1. The van der Waals surface area contributed by atoms with Crippen LogP contribution in [-0.4, -0.2) is 54.7 Å². The van der Waals surface area contributed by atoms with Gasteiger partial charge >= 0.3 is 6.03 Å². The maximum atomic E-state index is 13.5. The maximum Gasteiger partial charge on any atom is 0.320 e. The molecule has 2 amide bonds. The van der Waals surface area contributed by atoms with E-state index in [0.717, 1.165) is 17.5 Å². The Labute approximate surface area is 158 Å². The van der Waals surface area contributed by atoms with Crippen molar-refractivity contribution < 1.29 is 13.9 Å². The summed E-state index contributed by atoms with van der Waals surface area (Å²) in [6.07, 6.45) is 0.689. The van der Waals surface area contributed by atoms with Crippen LogP contribution in [0.15, 0.2) is 48.5 Å². The lowest BCUT2D eigenvalue weighted by Gasteiger charge is -2.42. The molecule has 2 N–H and O–H groups in total. The van der Waals surface area contributed by atoms with E-state index >= 15 is 0 Å². The number of morpholine rings is 1. The van der Waals surface area contributed by atoms with Crippen molar-refractivity contribution in [2.24, 2.45) is 5.73 Å². The van der Waals surface area contributed by atoms with Crippen LogP contribution in [0, 0.1) is 5.82 Å². The average molecular weight is 369 g/mol. The van der Waals surface area contributed by atoms with Crippen LogP contribution in [0.4, 0.5) is 9.18 Å². The van der Waals surface area contributed by atoms with Gasteiger partial charge in [0.1, 0.15) is 5.82 Å². The van der Waals surface area contributed by atoms with Gasteiger partial charge in [0.2, 0.25) is 0 Å². The Morgan fingerprint density at radius 1 is 1.15 bits per heavy atom. The monoisotopic (exact) mass is 369 g/mol. The third kappa shape index (κ3) is 3.55. The highest BCUT2D eigenvalue weighted by Gasteiger charge is 2.35. The van der Waals surface area contributed by atoms with Gasteiger partial charge in [0.25, 0.3) is 0 Å². The molecule has 5 nitrogen and oxygen atoms in total. The van der Waals surface area contributed by atoms with Crippen molar-refractivity contribution in [3.05, 3.63) is 71.0 Å². The van der Waals surface area contributed by atoms with Gasteiger partial charge < -0.3 is 20.3 Å². The summed E-state index contributed by atoms with van der Waals surface area (Å²) in [5.41, 5.74) is 8.98. The second-order valence-corrected chi connectivity index (χ2v) is 7.05. The Morgan fingerprint density at radius 2 is 1.93 bits per heavy atom. The van der Waals surface area contributed by atoms with Crippen LogP contribution in [0.5, 0.6) is 0 Å². The van der Waals surface area contributed by atoms with Crippen molar-refractivity contribution in [1.29, 1.82) is 0 Å². The van der Waals surface area contributed by atoms with Crippen molar-refractivity contribution >= 4 is 6.03 Å². The molecule has 0 aliphatic carbocycles. The number of benzene rings is 2. The zero-order valence-electron chi connectivity index (χ0n) is 15.2. The summed E-state index contributed by atoms with van der Waals surface area (Å²) in [5.74, 6) is -0.278. The number of hydrogen-bond acceptors (Lipinski definition) is 3. The number of nitrogens with zero attached hydrogens (tertiary/aromatic N) is 2. The molecule has 1 saturated heterocycles. The minimum Gasteiger partial charge on any atom is -0.373 e. The molecule has 2 aliphatic heterocycles. The molecule has 4 rings (SSSR count). The Kier molecular flexibility index (Phi) is 5.09. The van der Waals surface area contributed by atoms with Crippen molar-refractivity contribution in [2.45, 2.75) is 18.6 Å². The summed E-state index contributed by atoms with van der Waals surface area (Å²) >= 11 is 0. The van der Waals surface area contributed by atoms with Gasteiger partial charge in [0.05, 0.1) is 18.8 Å². The van der Waals surface area contributed by atoms with Gasteiger partial charge in [0, 0.05) is 26.2 Å². The minimum absolute atomic E-state index is 0.0134. The standard InChI is InChI=1S/C21H24FN3O2/c22-17-7-5-16(6-8-17)20-19-4-2-1-3-15(19)9-10-25(20)21(26)24-11-12-27-18(13-23)14-24/h1-8,18,20H,9-14,23H2/t18-,20+/m1/s1. The highest BCUT2D eigenvalue weighted by Crippen LogP contribution is 2.36. The zero-order valence-corrected chi connectivity index (χ0v) is 15.2. The fourth-order valence-corrected chi connectivity index (χ4v) is 3.99. The molecule has 0 radical (unpaired) electrons. The van der Waals surface area contributed by atoms with Crippen molar-refractivity contribution in [3.63, 3.8) is 0 Å². The van der Waals surface area contributed by atoms with Crippen LogP contribution < -0.4 is 5.73 Å². The molecule has 142 valence electrons. The van der Waals surface area contributed by atoms with E-state index in [1.165, 1.54) is 17.7 Å². The lowest BCUT2D eigenvalue weighted by atomic mass is 9.88. The van der Waals surface area contributed by atoms with E-state index in [2.05, 4.69) is 12.1 Å². The van der Waals surface area contributed by atoms with Crippen LogP contribution in [0.1, 0.15) is 22.7 Å². The lowest BCUT2D eigenvalue weighted by molar-refractivity contribution is -0.0155. The number of fused-ring (bicyclic) bond motifs is 1. The number of urea groups is 1. The molecule has 0 saturated carbocycles. The predicted molar refractivity (Wildman–Crippen MR) is 101 cm³/mol. The smallest absolute Gasteiger partial charge is 0.320 e. The normalized spacial score (nSPS) is 22.4. The van der Waals surface area contributed by atoms with Crippen molar-refractivity contribution in [3.8, 4) is 0 Å².